The Labute approximate surface area is 141 Å². The average molecular weight is 327 g/mol. The second-order valence-corrected chi connectivity index (χ2v) is 5.89. The van der Waals surface area contributed by atoms with Gasteiger partial charge in [0.15, 0.2) is 5.82 Å². The Bertz CT molecular complexity index is 802. The number of halogens is 1. The van der Waals surface area contributed by atoms with Gasteiger partial charge in [0.25, 0.3) is 0 Å². The first-order valence-electron chi connectivity index (χ1n) is 7.58. The maximum atomic E-state index is 5.98. The second kappa shape index (κ2) is 6.94. The van der Waals surface area contributed by atoms with Crippen molar-refractivity contribution in [1.82, 2.24) is 15.5 Å². The van der Waals surface area contributed by atoms with Crippen molar-refractivity contribution in [3.05, 3.63) is 53.6 Å². The lowest BCUT2D eigenvalue weighted by Gasteiger charge is -2.20. The Morgan fingerprint density at radius 2 is 1.70 bits per heavy atom. The van der Waals surface area contributed by atoms with Crippen LogP contribution >= 0.6 is 11.6 Å². The summed E-state index contributed by atoms with van der Waals surface area (Å²) in [6, 6.07) is 15.9. The third kappa shape index (κ3) is 3.28. The van der Waals surface area contributed by atoms with Crippen LogP contribution in [0.1, 0.15) is 0 Å². The number of nitrogens with one attached hydrogen (secondary N) is 1. The molecule has 1 aromatic heterocycles. The van der Waals surface area contributed by atoms with Crippen LogP contribution in [-0.2, 0) is 0 Å². The standard InChI is InChI=1S/C18H19ClN4/c1-20-11-12-23(2)18-16-6-4-3-5-15(16)17(21-22-18)13-7-9-14(19)10-8-13/h3-10,20H,11-12H2,1-2H3. The molecule has 0 spiro atoms. The molecule has 0 amide bonds. The molecule has 0 atom stereocenters. The predicted octanol–water partition coefficient (Wildman–Crippen LogP) is 3.61. The van der Waals surface area contributed by atoms with Gasteiger partial charge in [0, 0.05) is 41.5 Å². The molecule has 1 N–H and O–H groups in total. The van der Waals surface area contributed by atoms with E-state index in [4.69, 9.17) is 11.6 Å². The summed E-state index contributed by atoms with van der Waals surface area (Å²) in [6.07, 6.45) is 0. The third-order valence-electron chi connectivity index (χ3n) is 3.84. The highest BCUT2D eigenvalue weighted by Crippen LogP contribution is 2.31. The van der Waals surface area contributed by atoms with Crippen LogP contribution in [0, 0.1) is 0 Å². The van der Waals surface area contributed by atoms with Crippen LogP contribution in [0.3, 0.4) is 0 Å². The lowest BCUT2D eigenvalue weighted by Crippen LogP contribution is -2.28. The van der Waals surface area contributed by atoms with E-state index in [1.165, 1.54) is 0 Å². The molecule has 3 rings (SSSR count). The summed E-state index contributed by atoms with van der Waals surface area (Å²) in [6.45, 7) is 1.76. The molecule has 0 aliphatic heterocycles. The Balaban J connectivity index is 2.10. The molecule has 0 aliphatic carbocycles. The number of benzene rings is 2. The van der Waals surface area contributed by atoms with E-state index in [2.05, 4.69) is 32.5 Å². The largest absolute Gasteiger partial charge is 0.356 e. The summed E-state index contributed by atoms with van der Waals surface area (Å²) in [7, 11) is 3.98. The zero-order valence-electron chi connectivity index (χ0n) is 13.3. The maximum absolute atomic E-state index is 5.98. The fraction of sp³-hybridized carbons (Fsp3) is 0.222. The van der Waals surface area contributed by atoms with Gasteiger partial charge in [-0.25, -0.2) is 0 Å². The fourth-order valence-electron chi connectivity index (χ4n) is 2.58. The van der Waals surface area contributed by atoms with Crippen LogP contribution in [0.4, 0.5) is 5.82 Å². The van der Waals surface area contributed by atoms with Crippen molar-refractivity contribution in [2.75, 3.05) is 32.1 Å². The van der Waals surface area contributed by atoms with Gasteiger partial charge in [-0.2, -0.15) is 0 Å². The average Bonchev–Trinajstić information content (AvgIpc) is 2.59. The summed E-state index contributed by atoms with van der Waals surface area (Å²) in [5.41, 5.74) is 1.89. The van der Waals surface area contributed by atoms with Crippen LogP contribution in [0.15, 0.2) is 48.5 Å². The Kier molecular flexibility index (Phi) is 4.74. The van der Waals surface area contributed by atoms with Crippen molar-refractivity contribution >= 4 is 28.2 Å². The number of fused-ring (bicyclic) bond motifs is 1. The van der Waals surface area contributed by atoms with Crippen LogP contribution in [0.5, 0.6) is 0 Å². The molecule has 0 aliphatic rings. The summed E-state index contributed by atoms with van der Waals surface area (Å²) >= 11 is 5.98. The highest BCUT2D eigenvalue weighted by atomic mass is 35.5. The van der Waals surface area contributed by atoms with Crippen molar-refractivity contribution < 1.29 is 0 Å². The minimum Gasteiger partial charge on any atom is -0.356 e. The molecule has 3 aromatic rings. The number of anilines is 1. The van der Waals surface area contributed by atoms with Crippen molar-refractivity contribution in [1.29, 1.82) is 0 Å². The van der Waals surface area contributed by atoms with Gasteiger partial charge < -0.3 is 10.2 Å². The molecule has 118 valence electrons. The number of likely N-dealkylation sites (N-methyl/N-ethyl adjacent to an activating group) is 2. The summed E-state index contributed by atoms with van der Waals surface area (Å²) in [4.78, 5) is 2.12. The van der Waals surface area contributed by atoms with Crippen molar-refractivity contribution in [3.8, 4) is 11.3 Å². The minimum atomic E-state index is 0.717. The summed E-state index contributed by atoms with van der Waals surface area (Å²) in [5, 5.41) is 15.0. The molecule has 0 saturated heterocycles. The molecule has 5 heteroatoms. The van der Waals surface area contributed by atoms with Crippen LogP contribution < -0.4 is 10.2 Å². The number of hydrogen-bond acceptors (Lipinski definition) is 4. The highest BCUT2D eigenvalue weighted by molar-refractivity contribution is 6.30. The highest BCUT2D eigenvalue weighted by Gasteiger charge is 2.13. The number of rotatable bonds is 5. The normalized spacial score (nSPS) is 10.9. The van der Waals surface area contributed by atoms with Gasteiger partial charge in [-0.05, 0) is 19.2 Å². The summed E-state index contributed by atoms with van der Waals surface area (Å²) < 4.78 is 0. The van der Waals surface area contributed by atoms with E-state index in [-0.39, 0.29) is 0 Å². The molecule has 0 fully saturated rings. The van der Waals surface area contributed by atoms with E-state index < -0.39 is 0 Å². The van der Waals surface area contributed by atoms with Crippen molar-refractivity contribution in [2.45, 2.75) is 0 Å². The molecule has 0 saturated carbocycles. The van der Waals surface area contributed by atoms with Gasteiger partial charge >= 0.3 is 0 Å². The number of aromatic nitrogens is 2. The van der Waals surface area contributed by atoms with Crippen LogP contribution in [0.2, 0.25) is 5.02 Å². The number of nitrogens with zero attached hydrogens (tertiary/aromatic N) is 3. The minimum absolute atomic E-state index is 0.717. The molecule has 1 heterocycles. The predicted molar refractivity (Wildman–Crippen MR) is 97.2 cm³/mol. The lowest BCUT2D eigenvalue weighted by molar-refractivity contribution is 0.758. The van der Waals surface area contributed by atoms with Crippen LogP contribution in [0.25, 0.3) is 22.0 Å². The maximum Gasteiger partial charge on any atom is 0.158 e. The first-order chi connectivity index (χ1) is 11.2. The second-order valence-electron chi connectivity index (χ2n) is 5.45. The van der Waals surface area contributed by atoms with E-state index in [1.54, 1.807) is 0 Å². The molecule has 0 unspecified atom stereocenters. The SMILES string of the molecule is CNCCN(C)c1nnc(-c2ccc(Cl)cc2)c2ccccc12. The van der Waals surface area contributed by atoms with Gasteiger partial charge in [-0.1, -0.05) is 48.0 Å². The van der Waals surface area contributed by atoms with E-state index in [0.717, 1.165) is 46.0 Å². The molecule has 4 nitrogen and oxygen atoms in total. The van der Waals surface area contributed by atoms with Gasteiger partial charge in [-0.3, -0.25) is 0 Å². The van der Waals surface area contributed by atoms with Gasteiger partial charge in [0.05, 0.1) is 0 Å². The molecular formula is C18H19ClN4. The van der Waals surface area contributed by atoms with Crippen LogP contribution in [-0.4, -0.2) is 37.4 Å². The molecule has 23 heavy (non-hydrogen) atoms. The molecule has 0 radical (unpaired) electrons. The molecule has 0 bridgehead atoms. The van der Waals surface area contributed by atoms with E-state index in [9.17, 15) is 0 Å². The van der Waals surface area contributed by atoms with Crippen molar-refractivity contribution in [3.63, 3.8) is 0 Å². The first kappa shape index (κ1) is 15.7. The van der Waals surface area contributed by atoms with E-state index in [0.29, 0.717) is 0 Å². The van der Waals surface area contributed by atoms with Gasteiger partial charge in [-0.15, -0.1) is 10.2 Å². The smallest absolute Gasteiger partial charge is 0.158 e. The first-order valence-corrected chi connectivity index (χ1v) is 7.95. The fourth-order valence-corrected chi connectivity index (χ4v) is 2.70. The lowest BCUT2D eigenvalue weighted by atomic mass is 10.0. The Morgan fingerprint density at radius 3 is 2.39 bits per heavy atom. The Morgan fingerprint density at radius 1 is 1.00 bits per heavy atom. The molecular weight excluding hydrogens is 308 g/mol. The molecule has 2 aromatic carbocycles. The monoisotopic (exact) mass is 326 g/mol. The zero-order valence-corrected chi connectivity index (χ0v) is 14.0. The van der Waals surface area contributed by atoms with Crippen molar-refractivity contribution in [2.24, 2.45) is 0 Å². The summed E-state index contributed by atoms with van der Waals surface area (Å²) in [5.74, 6) is 0.897. The van der Waals surface area contributed by atoms with Gasteiger partial charge in [0.1, 0.15) is 5.69 Å². The third-order valence-corrected chi connectivity index (χ3v) is 4.10. The van der Waals surface area contributed by atoms with Gasteiger partial charge in [0.2, 0.25) is 0 Å². The quantitative estimate of drug-likeness (QED) is 0.777. The van der Waals surface area contributed by atoms with E-state index >= 15 is 0 Å². The topological polar surface area (TPSA) is 41.0 Å². The van der Waals surface area contributed by atoms with E-state index in [1.807, 2.05) is 50.5 Å². The number of hydrogen-bond donors (Lipinski definition) is 1. The zero-order chi connectivity index (χ0) is 16.2. The Hall–Kier alpha value is -2.17.